The Hall–Kier alpha value is -3.00. The van der Waals surface area contributed by atoms with E-state index in [1.807, 2.05) is 24.3 Å². The van der Waals surface area contributed by atoms with Gasteiger partial charge in [0.05, 0.1) is 0 Å². The number of ether oxygens (including phenoxy) is 1. The lowest BCUT2D eigenvalue weighted by atomic mass is 9.84. The Morgan fingerprint density at radius 3 is 2.40 bits per heavy atom. The molecule has 1 unspecified atom stereocenters. The number of thioether (sulfide) groups is 1. The van der Waals surface area contributed by atoms with Gasteiger partial charge in [-0.1, -0.05) is 55.0 Å². The molecule has 0 radical (unpaired) electrons. The van der Waals surface area contributed by atoms with E-state index < -0.39 is 17.3 Å². The standard InChI is InChI=1S/C27H30N2O5S/c30-25(29-12-13-35-24(15-29)26(31)32)17-6-5-7-18(14-17)28-27(33)34-16-23-21-10-3-1-8-19(21)20-9-2-4-11-22(20)23/h1-4,8-11,17-18,23-24H,5-7,12-16H2,(H,28,33)(H,31,32)/t17-,18+,24?/m0/s1. The van der Waals surface area contributed by atoms with Crippen molar-refractivity contribution in [1.82, 2.24) is 10.2 Å². The first-order valence-electron chi connectivity index (χ1n) is 12.3. The number of hydrogen-bond acceptors (Lipinski definition) is 5. The average molecular weight is 495 g/mol. The van der Waals surface area contributed by atoms with Crippen LogP contribution in [0.3, 0.4) is 0 Å². The number of amides is 2. The number of carbonyl (C=O) groups excluding carboxylic acids is 2. The molecule has 0 spiro atoms. The van der Waals surface area contributed by atoms with Gasteiger partial charge < -0.3 is 20.1 Å². The number of rotatable bonds is 5. The fourth-order valence-corrected chi connectivity index (χ4v) is 6.65. The molecule has 5 rings (SSSR count). The smallest absolute Gasteiger partial charge is 0.407 e. The highest BCUT2D eigenvalue weighted by atomic mass is 32.2. The fraction of sp³-hybridized carbons (Fsp3) is 0.444. The van der Waals surface area contributed by atoms with Gasteiger partial charge >= 0.3 is 12.1 Å². The SMILES string of the molecule is O=C(N[C@@H]1CCC[C@H](C(=O)N2CCSC(C(=O)O)C2)C1)OCC1c2ccccc2-c2ccccc21. The van der Waals surface area contributed by atoms with E-state index in [1.54, 1.807) is 4.90 Å². The first kappa shape index (κ1) is 23.7. The zero-order valence-electron chi connectivity index (χ0n) is 19.5. The van der Waals surface area contributed by atoms with Gasteiger partial charge in [-0.2, -0.15) is 0 Å². The highest BCUT2D eigenvalue weighted by molar-refractivity contribution is 8.00. The van der Waals surface area contributed by atoms with Crippen molar-refractivity contribution < 1.29 is 24.2 Å². The van der Waals surface area contributed by atoms with Crippen molar-refractivity contribution in [3.63, 3.8) is 0 Å². The Bertz CT molecular complexity index is 1080. The summed E-state index contributed by atoms with van der Waals surface area (Å²) in [6, 6.07) is 16.3. The summed E-state index contributed by atoms with van der Waals surface area (Å²) in [6.45, 7) is 1.09. The highest BCUT2D eigenvalue weighted by Crippen LogP contribution is 2.44. The summed E-state index contributed by atoms with van der Waals surface area (Å²) in [5, 5.41) is 11.7. The first-order valence-corrected chi connectivity index (χ1v) is 13.3. The average Bonchev–Trinajstić information content (AvgIpc) is 3.21. The number of benzene rings is 2. The molecular weight excluding hydrogens is 464 g/mol. The summed E-state index contributed by atoms with van der Waals surface area (Å²) < 4.78 is 5.68. The minimum absolute atomic E-state index is 0.00739. The van der Waals surface area contributed by atoms with Crippen LogP contribution in [0, 0.1) is 5.92 Å². The maximum absolute atomic E-state index is 13.1. The van der Waals surface area contributed by atoms with Crippen LogP contribution >= 0.6 is 11.8 Å². The van der Waals surface area contributed by atoms with Gasteiger partial charge in [-0.25, -0.2) is 4.79 Å². The number of carboxylic acid groups (broad SMARTS) is 1. The van der Waals surface area contributed by atoms with E-state index in [4.69, 9.17) is 4.74 Å². The van der Waals surface area contributed by atoms with Gasteiger partial charge in [-0.3, -0.25) is 9.59 Å². The number of aliphatic carboxylic acids is 1. The molecule has 0 bridgehead atoms. The molecule has 1 heterocycles. The van der Waals surface area contributed by atoms with Gasteiger partial charge in [-0.15, -0.1) is 11.8 Å². The first-order chi connectivity index (χ1) is 17.0. The monoisotopic (exact) mass is 494 g/mol. The largest absolute Gasteiger partial charge is 0.480 e. The molecule has 1 saturated heterocycles. The van der Waals surface area contributed by atoms with Crippen LogP contribution in [0.4, 0.5) is 4.79 Å². The fourth-order valence-electron chi connectivity index (χ4n) is 5.61. The summed E-state index contributed by atoms with van der Waals surface area (Å²) in [6.07, 6.45) is 2.52. The third kappa shape index (κ3) is 5.03. The number of nitrogens with one attached hydrogen (secondary N) is 1. The number of hydrogen-bond donors (Lipinski definition) is 2. The van der Waals surface area contributed by atoms with Crippen molar-refractivity contribution in [2.24, 2.45) is 5.92 Å². The minimum Gasteiger partial charge on any atom is -0.480 e. The van der Waals surface area contributed by atoms with E-state index in [9.17, 15) is 19.5 Å². The van der Waals surface area contributed by atoms with Gasteiger partial charge in [-0.05, 0) is 41.5 Å². The second-order valence-corrected chi connectivity index (χ2v) is 10.8. The second kappa shape index (κ2) is 10.3. The summed E-state index contributed by atoms with van der Waals surface area (Å²) in [5.74, 6) is -0.411. The molecule has 2 N–H and O–H groups in total. The Balaban J connectivity index is 1.16. The van der Waals surface area contributed by atoms with Crippen molar-refractivity contribution in [3.8, 4) is 11.1 Å². The summed E-state index contributed by atoms with van der Waals surface area (Å²) >= 11 is 1.39. The van der Waals surface area contributed by atoms with Gasteiger partial charge in [0, 0.05) is 36.7 Å². The molecule has 8 heteroatoms. The number of fused-ring (bicyclic) bond motifs is 3. The van der Waals surface area contributed by atoms with Crippen molar-refractivity contribution in [1.29, 1.82) is 0 Å². The van der Waals surface area contributed by atoms with E-state index in [1.165, 1.54) is 34.0 Å². The highest BCUT2D eigenvalue weighted by Gasteiger charge is 2.35. The van der Waals surface area contributed by atoms with E-state index >= 15 is 0 Å². The van der Waals surface area contributed by atoms with Crippen molar-refractivity contribution in [2.45, 2.75) is 42.9 Å². The molecule has 2 fully saturated rings. The lowest BCUT2D eigenvalue weighted by Gasteiger charge is -2.36. The van der Waals surface area contributed by atoms with Crippen LogP contribution in [-0.2, 0) is 14.3 Å². The molecule has 2 aliphatic carbocycles. The molecule has 2 amide bonds. The lowest BCUT2D eigenvalue weighted by Crippen LogP contribution is -2.49. The van der Waals surface area contributed by atoms with Gasteiger partial charge in [0.2, 0.25) is 5.91 Å². The minimum atomic E-state index is -0.869. The van der Waals surface area contributed by atoms with Crippen LogP contribution in [-0.4, -0.2) is 64.7 Å². The van der Waals surface area contributed by atoms with Crippen molar-refractivity contribution in [3.05, 3.63) is 59.7 Å². The van der Waals surface area contributed by atoms with E-state index in [0.29, 0.717) is 18.7 Å². The molecule has 1 aliphatic heterocycles. The Morgan fingerprint density at radius 1 is 1.03 bits per heavy atom. The Labute approximate surface area is 209 Å². The number of alkyl carbamates (subject to hydrolysis) is 1. The summed E-state index contributed by atoms with van der Waals surface area (Å²) in [5.41, 5.74) is 4.72. The third-order valence-electron chi connectivity index (χ3n) is 7.34. The van der Waals surface area contributed by atoms with Crippen LogP contribution in [0.1, 0.15) is 42.7 Å². The quantitative estimate of drug-likeness (QED) is 0.650. The number of carboxylic acids is 1. The zero-order valence-corrected chi connectivity index (χ0v) is 20.3. The van der Waals surface area contributed by atoms with Crippen LogP contribution in [0.2, 0.25) is 0 Å². The van der Waals surface area contributed by atoms with Crippen LogP contribution in [0.25, 0.3) is 11.1 Å². The molecule has 2 aromatic carbocycles. The van der Waals surface area contributed by atoms with Gasteiger partial charge in [0.1, 0.15) is 11.9 Å². The normalized spacial score (nSPS) is 23.8. The predicted molar refractivity (Wildman–Crippen MR) is 134 cm³/mol. The maximum atomic E-state index is 13.1. The van der Waals surface area contributed by atoms with Crippen LogP contribution in [0.15, 0.2) is 48.5 Å². The maximum Gasteiger partial charge on any atom is 0.407 e. The topological polar surface area (TPSA) is 95.9 Å². The van der Waals surface area contributed by atoms with Crippen molar-refractivity contribution >= 4 is 29.7 Å². The molecule has 3 atom stereocenters. The Morgan fingerprint density at radius 2 is 1.71 bits per heavy atom. The number of nitrogens with zero attached hydrogens (tertiary/aromatic N) is 1. The van der Waals surface area contributed by atoms with E-state index in [0.717, 1.165) is 19.3 Å². The Kier molecular flexibility index (Phi) is 7.00. The second-order valence-electron chi connectivity index (χ2n) is 9.51. The molecule has 7 nitrogen and oxygen atoms in total. The lowest BCUT2D eigenvalue weighted by molar-refractivity contribution is -0.140. The van der Waals surface area contributed by atoms with E-state index in [-0.39, 0.29) is 36.9 Å². The molecule has 2 aromatic rings. The van der Waals surface area contributed by atoms with Gasteiger partial charge in [0.15, 0.2) is 0 Å². The summed E-state index contributed by atoms with van der Waals surface area (Å²) in [7, 11) is 0. The summed E-state index contributed by atoms with van der Waals surface area (Å²) in [4.78, 5) is 38.8. The third-order valence-corrected chi connectivity index (χ3v) is 8.51. The molecule has 1 saturated carbocycles. The zero-order chi connectivity index (χ0) is 24.4. The molecular formula is C27H30N2O5S. The molecule has 0 aromatic heterocycles. The molecule has 3 aliphatic rings. The van der Waals surface area contributed by atoms with Gasteiger partial charge in [0.25, 0.3) is 0 Å². The van der Waals surface area contributed by atoms with E-state index in [2.05, 4.69) is 29.6 Å². The number of carbonyl (C=O) groups is 3. The molecule has 184 valence electrons. The predicted octanol–water partition coefficient (Wildman–Crippen LogP) is 4.11. The van der Waals surface area contributed by atoms with Crippen molar-refractivity contribution in [2.75, 3.05) is 25.4 Å². The van der Waals surface area contributed by atoms with Crippen LogP contribution < -0.4 is 5.32 Å². The molecule has 35 heavy (non-hydrogen) atoms. The van der Waals surface area contributed by atoms with Crippen LogP contribution in [0.5, 0.6) is 0 Å².